The van der Waals surface area contributed by atoms with Gasteiger partial charge >= 0.3 is 6.09 Å². The van der Waals surface area contributed by atoms with Gasteiger partial charge in [0.1, 0.15) is 6.61 Å². The Kier molecular flexibility index (Phi) is 5.92. The van der Waals surface area contributed by atoms with E-state index in [2.05, 4.69) is 12.1 Å². The second-order valence-corrected chi connectivity index (χ2v) is 9.36. The van der Waals surface area contributed by atoms with Gasteiger partial charge in [-0.2, -0.15) is 0 Å². The second-order valence-electron chi connectivity index (χ2n) is 7.17. The molecule has 3 heterocycles. The summed E-state index contributed by atoms with van der Waals surface area (Å²) in [5.74, 6) is 0.105. The van der Waals surface area contributed by atoms with Gasteiger partial charge in [-0.3, -0.25) is 9.69 Å². The first-order valence-electron chi connectivity index (χ1n) is 9.58. The summed E-state index contributed by atoms with van der Waals surface area (Å²) >= 11 is 3.21. The lowest BCUT2D eigenvalue weighted by molar-refractivity contribution is 0.0641. The van der Waals surface area contributed by atoms with Gasteiger partial charge < -0.3 is 9.64 Å². The number of cyclic esters (lactones) is 1. The van der Waals surface area contributed by atoms with Gasteiger partial charge in [0.25, 0.3) is 5.91 Å². The maximum absolute atomic E-state index is 12.7. The van der Waals surface area contributed by atoms with Crippen molar-refractivity contribution >= 4 is 35.1 Å². The summed E-state index contributed by atoms with van der Waals surface area (Å²) in [7, 11) is 0. The van der Waals surface area contributed by atoms with E-state index in [-0.39, 0.29) is 24.1 Å². The molecule has 0 bridgehead atoms. The van der Waals surface area contributed by atoms with Crippen LogP contribution in [0.25, 0.3) is 0 Å². The summed E-state index contributed by atoms with van der Waals surface area (Å²) in [6.45, 7) is 1.80. The lowest BCUT2D eigenvalue weighted by Gasteiger charge is -2.37. The molecule has 2 aliphatic heterocycles. The molecule has 4 rings (SSSR count). The third-order valence-corrected chi connectivity index (χ3v) is 7.61. The van der Waals surface area contributed by atoms with Crippen LogP contribution >= 0.6 is 23.1 Å². The number of hydrogen-bond donors (Lipinski definition) is 0. The summed E-state index contributed by atoms with van der Waals surface area (Å²) in [5, 5.41) is 0. The van der Waals surface area contributed by atoms with E-state index in [1.54, 1.807) is 23.1 Å². The van der Waals surface area contributed by atoms with E-state index >= 15 is 0 Å². The number of piperidine rings is 1. The summed E-state index contributed by atoms with van der Waals surface area (Å²) in [6.07, 6.45) is 4.21. The maximum atomic E-state index is 12.7. The number of thioether (sulfide) groups is 1. The number of hydrogen-bond acceptors (Lipinski definition) is 5. The molecule has 1 unspecified atom stereocenters. The minimum absolute atomic E-state index is 0.0728. The predicted molar refractivity (Wildman–Crippen MR) is 112 cm³/mol. The lowest BCUT2D eigenvalue weighted by Crippen LogP contribution is -2.50. The molecule has 0 spiro atoms. The molecule has 1 atom stereocenters. The fourth-order valence-corrected chi connectivity index (χ4v) is 5.52. The number of benzene rings is 1. The van der Waals surface area contributed by atoms with Crippen LogP contribution in [0.2, 0.25) is 0 Å². The molecular weight excluding hydrogens is 392 g/mol. The molecule has 0 saturated carbocycles. The molecule has 2 aromatic rings. The highest BCUT2D eigenvalue weighted by Gasteiger charge is 2.39. The number of rotatable bonds is 5. The van der Waals surface area contributed by atoms with Crippen LogP contribution in [0, 0.1) is 0 Å². The molecule has 7 heteroatoms. The molecule has 5 nitrogen and oxygen atoms in total. The van der Waals surface area contributed by atoms with Gasteiger partial charge in [0.05, 0.1) is 15.1 Å². The SMILES string of the molecule is CSc1ccc(C(=O)N2CCC(N3C(=O)OCC3Cc3ccccc3)CC2)s1. The van der Waals surface area contributed by atoms with Crippen molar-refractivity contribution in [2.45, 2.75) is 35.6 Å². The Morgan fingerprint density at radius 3 is 2.61 bits per heavy atom. The van der Waals surface area contributed by atoms with Crippen LogP contribution in [0.4, 0.5) is 4.79 Å². The standard InChI is InChI=1S/C21H24N2O3S2/c1-27-19-8-7-18(28-19)20(24)22-11-9-16(10-12-22)23-17(14-26-21(23)25)13-15-5-3-2-4-6-15/h2-8,16-17H,9-14H2,1H3. The van der Waals surface area contributed by atoms with Crippen molar-refractivity contribution in [1.29, 1.82) is 0 Å². The minimum Gasteiger partial charge on any atom is -0.447 e. The van der Waals surface area contributed by atoms with Crippen LogP contribution in [0.1, 0.15) is 28.1 Å². The molecular formula is C21H24N2O3S2. The van der Waals surface area contributed by atoms with Crippen LogP contribution in [-0.4, -0.2) is 59.8 Å². The quantitative estimate of drug-likeness (QED) is 0.688. The van der Waals surface area contributed by atoms with Crippen LogP contribution < -0.4 is 0 Å². The Hall–Kier alpha value is -1.99. The van der Waals surface area contributed by atoms with E-state index in [9.17, 15) is 9.59 Å². The number of ether oxygens (including phenoxy) is 1. The molecule has 2 fully saturated rings. The molecule has 28 heavy (non-hydrogen) atoms. The van der Waals surface area contributed by atoms with Crippen molar-refractivity contribution in [3.05, 3.63) is 52.9 Å². The van der Waals surface area contributed by atoms with Crippen LogP contribution in [-0.2, 0) is 11.2 Å². The fraction of sp³-hybridized carbons (Fsp3) is 0.429. The van der Waals surface area contributed by atoms with Crippen molar-refractivity contribution in [2.75, 3.05) is 26.0 Å². The molecule has 2 aliphatic rings. The number of thiophene rings is 1. The number of amides is 2. The molecule has 148 valence electrons. The average Bonchev–Trinajstić information content (AvgIpc) is 3.35. The number of carbonyl (C=O) groups excluding carboxylic acids is 2. The zero-order valence-electron chi connectivity index (χ0n) is 15.9. The Morgan fingerprint density at radius 2 is 1.93 bits per heavy atom. The van der Waals surface area contributed by atoms with Crippen LogP contribution in [0.5, 0.6) is 0 Å². The highest BCUT2D eigenvalue weighted by Crippen LogP contribution is 2.29. The van der Waals surface area contributed by atoms with Gasteiger partial charge in [-0.05, 0) is 43.2 Å². The smallest absolute Gasteiger partial charge is 0.410 e. The summed E-state index contributed by atoms with van der Waals surface area (Å²) in [5.41, 5.74) is 1.21. The van der Waals surface area contributed by atoms with E-state index in [1.807, 2.05) is 46.4 Å². The minimum atomic E-state index is -0.214. The number of nitrogens with zero attached hydrogens (tertiary/aromatic N) is 2. The molecule has 0 radical (unpaired) electrons. The Morgan fingerprint density at radius 1 is 1.18 bits per heavy atom. The zero-order chi connectivity index (χ0) is 19.5. The van der Waals surface area contributed by atoms with Gasteiger partial charge in [-0.25, -0.2) is 4.79 Å². The van der Waals surface area contributed by atoms with E-state index in [1.165, 1.54) is 5.56 Å². The number of likely N-dealkylation sites (tertiary alicyclic amines) is 1. The lowest BCUT2D eigenvalue weighted by atomic mass is 9.99. The third kappa shape index (κ3) is 4.05. The van der Waals surface area contributed by atoms with Gasteiger partial charge in [-0.1, -0.05) is 30.3 Å². The van der Waals surface area contributed by atoms with E-state index < -0.39 is 0 Å². The zero-order valence-corrected chi connectivity index (χ0v) is 17.5. The third-order valence-electron chi connectivity index (χ3n) is 5.46. The summed E-state index contributed by atoms with van der Waals surface area (Å²) in [6, 6.07) is 14.4. The molecule has 2 amide bonds. The Bertz CT molecular complexity index is 831. The Labute approximate surface area is 173 Å². The fourth-order valence-electron chi connectivity index (χ4n) is 4.01. The van der Waals surface area contributed by atoms with Gasteiger partial charge in [0, 0.05) is 19.1 Å². The van der Waals surface area contributed by atoms with Crippen molar-refractivity contribution in [3.63, 3.8) is 0 Å². The number of carbonyl (C=O) groups is 2. The van der Waals surface area contributed by atoms with E-state index in [0.717, 1.165) is 28.3 Å². The largest absolute Gasteiger partial charge is 0.447 e. The van der Waals surface area contributed by atoms with E-state index in [0.29, 0.717) is 19.7 Å². The molecule has 1 aromatic heterocycles. The van der Waals surface area contributed by atoms with Crippen LogP contribution in [0.15, 0.2) is 46.7 Å². The summed E-state index contributed by atoms with van der Waals surface area (Å²) in [4.78, 5) is 29.8. The van der Waals surface area contributed by atoms with Crippen molar-refractivity contribution in [1.82, 2.24) is 9.80 Å². The highest BCUT2D eigenvalue weighted by atomic mass is 32.2. The van der Waals surface area contributed by atoms with Gasteiger partial charge in [0.2, 0.25) is 0 Å². The van der Waals surface area contributed by atoms with Crippen molar-refractivity contribution < 1.29 is 14.3 Å². The molecule has 1 aromatic carbocycles. The molecule has 0 aliphatic carbocycles. The molecule has 2 saturated heterocycles. The van der Waals surface area contributed by atoms with Gasteiger partial charge in [0.15, 0.2) is 0 Å². The monoisotopic (exact) mass is 416 g/mol. The first-order valence-corrected chi connectivity index (χ1v) is 11.6. The second kappa shape index (κ2) is 8.57. The van der Waals surface area contributed by atoms with Crippen LogP contribution in [0.3, 0.4) is 0 Å². The normalized spacial score (nSPS) is 20.5. The van der Waals surface area contributed by atoms with E-state index in [4.69, 9.17) is 4.74 Å². The topological polar surface area (TPSA) is 49.9 Å². The maximum Gasteiger partial charge on any atom is 0.410 e. The molecule has 0 N–H and O–H groups in total. The van der Waals surface area contributed by atoms with Gasteiger partial charge in [-0.15, -0.1) is 23.1 Å². The Balaban J connectivity index is 1.37. The van der Waals surface area contributed by atoms with Crippen molar-refractivity contribution in [2.24, 2.45) is 0 Å². The average molecular weight is 417 g/mol. The first kappa shape index (κ1) is 19.3. The van der Waals surface area contributed by atoms with Crippen molar-refractivity contribution in [3.8, 4) is 0 Å². The predicted octanol–water partition coefficient (Wildman–Crippen LogP) is 4.14. The highest BCUT2D eigenvalue weighted by molar-refractivity contribution is 8.00. The first-order chi connectivity index (χ1) is 13.7. The summed E-state index contributed by atoms with van der Waals surface area (Å²) < 4.78 is 6.52.